The van der Waals surface area contributed by atoms with E-state index in [1.807, 2.05) is 31.2 Å². The molecule has 0 bridgehead atoms. The van der Waals surface area contributed by atoms with Crippen molar-refractivity contribution in [3.8, 4) is 17.2 Å². The van der Waals surface area contributed by atoms with Crippen LogP contribution >= 0.6 is 11.6 Å². The molecule has 2 N–H and O–H groups in total. The number of benzene rings is 2. The van der Waals surface area contributed by atoms with Gasteiger partial charge in [0.15, 0.2) is 0 Å². The zero-order chi connectivity index (χ0) is 13.0. The second-order valence-corrected chi connectivity index (χ2v) is 4.10. The topological polar surface area (TPSA) is 44.5 Å². The van der Waals surface area contributed by atoms with Gasteiger partial charge in [-0.15, -0.1) is 0 Å². The molecule has 0 saturated carbocycles. The molecule has 0 saturated heterocycles. The first-order chi connectivity index (χ1) is 8.69. The average molecular weight is 264 g/mol. The van der Waals surface area contributed by atoms with Crippen molar-refractivity contribution in [3.05, 3.63) is 47.5 Å². The monoisotopic (exact) mass is 263 g/mol. The Kier molecular flexibility index (Phi) is 3.95. The third kappa shape index (κ3) is 3.08. The van der Waals surface area contributed by atoms with Crippen molar-refractivity contribution in [1.29, 1.82) is 0 Å². The van der Waals surface area contributed by atoms with E-state index in [-0.39, 0.29) is 0 Å². The summed E-state index contributed by atoms with van der Waals surface area (Å²) in [5.74, 6) is 2.09. The van der Waals surface area contributed by atoms with Crippen LogP contribution in [0.3, 0.4) is 0 Å². The van der Waals surface area contributed by atoms with E-state index in [0.29, 0.717) is 28.8 Å². The molecule has 0 amide bonds. The SMILES string of the molecule is CCOc1ccc(Oc2ccc(N)cc2Cl)cc1. The minimum absolute atomic E-state index is 0.490. The molecule has 3 nitrogen and oxygen atoms in total. The molecule has 0 radical (unpaired) electrons. The van der Waals surface area contributed by atoms with Crippen LogP contribution in [0.2, 0.25) is 5.02 Å². The summed E-state index contributed by atoms with van der Waals surface area (Å²) in [7, 11) is 0. The van der Waals surface area contributed by atoms with Crippen molar-refractivity contribution in [2.45, 2.75) is 6.92 Å². The van der Waals surface area contributed by atoms with Crippen LogP contribution in [0.4, 0.5) is 5.69 Å². The van der Waals surface area contributed by atoms with Gasteiger partial charge in [-0.25, -0.2) is 0 Å². The van der Waals surface area contributed by atoms with E-state index < -0.39 is 0 Å². The Labute approximate surface area is 111 Å². The van der Waals surface area contributed by atoms with Crippen molar-refractivity contribution in [2.75, 3.05) is 12.3 Å². The summed E-state index contributed by atoms with van der Waals surface area (Å²) in [5.41, 5.74) is 6.23. The van der Waals surface area contributed by atoms with Gasteiger partial charge in [0.05, 0.1) is 11.6 Å². The highest BCUT2D eigenvalue weighted by Gasteiger charge is 2.03. The van der Waals surface area contributed by atoms with E-state index in [2.05, 4.69) is 0 Å². The summed E-state index contributed by atoms with van der Waals surface area (Å²) in [6.45, 7) is 2.59. The Hall–Kier alpha value is -1.87. The van der Waals surface area contributed by atoms with E-state index in [1.165, 1.54) is 0 Å². The number of nitrogen functional groups attached to an aromatic ring is 1. The number of halogens is 1. The second kappa shape index (κ2) is 5.65. The lowest BCUT2D eigenvalue weighted by Gasteiger charge is -2.09. The third-order valence-electron chi connectivity index (χ3n) is 2.32. The van der Waals surface area contributed by atoms with Gasteiger partial charge in [0.2, 0.25) is 0 Å². The summed E-state index contributed by atoms with van der Waals surface area (Å²) >= 11 is 6.03. The molecule has 0 aromatic heterocycles. The fraction of sp³-hybridized carbons (Fsp3) is 0.143. The fourth-order valence-corrected chi connectivity index (χ4v) is 1.72. The molecule has 0 aliphatic heterocycles. The van der Waals surface area contributed by atoms with Crippen LogP contribution < -0.4 is 15.2 Å². The van der Waals surface area contributed by atoms with Crippen molar-refractivity contribution in [1.82, 2.24) is 0 Å². The third-order valence-corrected chi connectivity index (χ3v) is 2.61. The first-order valence-corrected chi connectivity index (χ1v) is 6.02. The predicted molar refractivity (Wildman–Crippen MR) is 73.5 cm³/mol. The van der Waals surface area contributed by atoms with E-state index in [9.17, 15) is 0 Å². The maximum atomic E-state index is 6.03. The van der Waals surface area contributed by atoms with E-state index in [1.54, 1.807) is 18.2 Å². The van der Waals surface area contributed by atoms with Crippen LogP contribution in [-0.4, -0.2) is 6.61 Å². The van der Waals surface area contributed by atoms with Gasteiger partial charge in [-0.2, -0.15) is 0 Å². The summed E-state index contributed by atoms with van der Waals surface area (Å²) in [6.07, 6.45) is 0. The lowest BCUT2D eigenvalue weighted by molar-refractivity contribution is 0.339. The minimum Gasteiger partial charge on any atom is -0.494 e. The van der Waals surface area contributed by atoms with Crippen LogP contribution in [-0.2, 0) is 0 Å². The zero-order valence-corrected chi connectivity index (χ0v) is 10.8. The maximum absolute atomic E-state index is 6.03. The molecule has 2 aromatic carbocycles. The number of nitrogens with two attached hydrogens (primary N) is 1. The molecule has 0 spiro atoms. The zero-order valence-electron chi connectivity index (χ0n) is 10.0. The lowest BCUT2D eigenvalue weighted by Crippen LogP contribution is -1.91. The number of ether oxygens (including phenoxy) is 2. The molecule has 4 heteroatoms. The summed E-state index contributed by atoms with van der Waals surface area (Å²) in [6, 6.07) is 12.5. The van der Waals surface area contributed by atoms with Crippen molar-refractivity contribution >= 4 is 17.3 Å². The van der Waals surface area contributed by atoms with Gasteiger partial charge < -0.3 is 15.2 Å². The standard InChI is InChI=1S/C14H14ClNO2/c1-2-17-11-4-6-12(7-5-11)18-14-8-3-10(16)9-13(14)15/h3-9H,2,16H2,1H3. The van der Waals surface area contributed by atoms with Crippen molar-refractivity contribution < 1.29 is 9.47 Å². The smallest absolute Gasteiger partial charge is 0.146 e. The first-order valence-electron chi connectivity index (χ1n) is 5.65. The molecule has 94 valence electrons. The van der Waals surface area contributed by atoms with Gasteiger partial charge in [-0.1, -0.05) is 11.6 Å². The number of hydrogen-bond donors (Lipinski definition) is 1. The van der Waals surface area contributed by atoms with Gasteiger partial charge in [0, 0.05) is 5.69 Å². The molecule has 2 aromatic rings. The molecular weight excluding hydrogens is 250 g/mol. The largest absolute Gasteiger partial charge is 0.494 e. The Balaban J connectivity index is 2.13. The summed E-state index contributed by atoms with van der Waals surface area (Å²) < 4.78 is 11.0. The van der Waals surface area contributed by atoms with Crippen LogP contribution in [0.15, 0.2) is 42.5 Å². The molecule has 0 unspecified atom stereocenters. The molecule has 0 heterocycles. The number of hydrogen-bond acceptors (Lipinski definition) is 3. The van der Waals surface area contributed by atoms with Crippen LogP contribution in [0.25, 0.3) is 0 Å². The molecule has 18 heavy (non-hydrogen) atoms. The Morgan fingerprint density at radius 3 is 2.33 bits per heavy atom. The normalized spacial score (nSPS) is 10.1. The highest BCUT2D eigenvalue weighted by molar-refractivity contribution is 6.32. The second-order valence-electron chi connectivity index (χ2n) is 3.70. The van der Waals surface area contributed by atoms with Gasteiger partial charge in [0.1, 0.15) is 17.2 Å². The van der Waals surface area contributed by atoms with Crippen molar-refractivity contribution in [2.24, 2.45) is 0 Å². The molecule has 0 aliphatic rings. The summed E-state index contributed by atoms with van der Waals surface area (Å²) in [5, 5.41) is 0.490. The van der Waals surface area contributed by atoms with Crippen LogP contribution in [0.5, 0.6) is 17.2 Å². The average Bonchev–Trinajstić information content (AvgIpc) is 2.35. The first kappa shape index (κ1) is 12.6. The Morgan fingerprint density at radius 2 is 1.72 bits per heavy atom. The minimum atomic E-state index is 0.490. The van der Waals surface area contributed by atoms with E-state index >= 15 is 0 Å². The molecule has 0 fully saturated rings. The highest BCUT2D eigenvalue weighted by atomic mass is 35.5. The Bertz CT molecular complexity index is 526. The van der Waals surface area contributed by atoms with Gasteiger partial charge in [-0.05, 0) is 49.4 Å². The lowest BCUT2D eigenvalue weighted by atomic mass is 10.3. The molecule has 0 aliphatic carbocycles. The molecule has 2 rings (SSSR count). The predicted octanol–water partition coefficient (Wildman–Crippen LogP) is 4.11. The Morgan fingerprint density at radius 1 is 1.06 bits per heavy atom. The van der Waals surface area contributed by atoms with Crippen LogP contribution in [0.1, 0.15) is 6.92 Å². The van der Waals surface area contributed by atoms with Crippen LogP contribution in [0, 0.1) is 0 Å². The molecular formula is C14H14ClNO2. The fourth-order valence-electron chi connectivity index (χ4n) is 1.50. The number of anilines is 1. The maximum Gasteiger partial charge on any atom is 0.146 e. The van der Waals surface area contributed by atoms with Gasteiger partial charge in [-0.3, -0.25) is 0 Å². The summed E-state index contributed by atoms with van der Waals surface area (Å²) in [4.78, 5) is 0. The van der Waals surface area contributed by atoms with Crippen molar-refractivity contribution in [3.63, 3.8) is 0 Å². The van der Waals surface area contributed by atoms with Gasteiger partial charge in [0.25, 0.3) is 0 Å². The highest BCUT2D eigenvalue weighted by Crippen LogP contribution is 2.31. The number of rotatable bonds is 4. The van der Waals surface area contributed by atoms with E-state index in [4.69, 9.17) is 26.8 Å². The quantitative estimate of drug-likeness (QED) is 0.844. The molecule has 0 atom stereocenters. The van der Waals surface area contributed by atoms with E-state index in [0.717, 1.165) is 5.75 Å². The van der Waals surface area contributed by atoms with Gasteiger partial charge >= 0.3 is 0 Å².